The van der Waals surface area contributed by atoms with Crippen molar-refractivity contribution in [2.45, 2.75) is 12.6 Å². The van der Waals surface area contributed by atoms with Crippen LogP contribution in [0.5, 0.6) is 0 Å². The highest BCUT2D eigenvalue weighted by Gasteiger charge is 2.18. The summed E-state index contributed by atoms with van der Waals surface area (Å²) in [6, 6.07) is 15.6. The van der Waals surface area contributed by atoms with E-state index in [0.29, 0.717) is 17.1 Å². The van der Waals surface area contributed by atoms with E-state index in [1.807, 2.05) is 56.6 Å². The van der Waals surface area contributed by atoms with Gasteiger partial charge in [0, 0.05) is 36.8 Å². The third kappa shape index (κ3) is 5.55. The van der Waals surface area contributed by atoms with Gasteiger partial charge in [0.1, 0.15) is 0 Å². The molecule has 1 unspecified atom stereocenters. The number of rotatable bonds is 7. The van der Waals surface area contributed by atoms with E-state index in [9.17, 15) is 4.79 Å². The fourth-order valence-corrected chi connectivity index (χ4v) is 3.70. The number of carbonyl (C=O) groups is 1. The van der Waals surface area contributed by atoms with Crippen molar-refractivity contribution in [1.82, 2.24) is 15.1 Å². The van der Waals surface area contributed by atoms with Gasteiger partial charge in [-0.1, -0.05) is 41.9 Å². The highest BCUT2D eigenvalue weighted by atomic mass is 35.5. The molecule has 0 saturated carbocycles. The predicted molar refractivity (Wildman–Crippen MR) is 113 cm³/mol. The maximum absolute atomic E-state index is 12.7. The zero-order chi connectivity index (χ0) is 19.9. The normalized spacial score (nSPS) is 16.1. The van der Waals surface area contributed by atoms with E-state index in [2.05, 4.69) is 21.2 Å². The summed E-state index contributed by atoms with van der Waals surface area (Å²) in [5.41, 5.74) is 2.84. The Labute approximate surface area is 172 Å². The van der Waals surface area contributed by atoms with Gasteiger partial charge in [0.25, 0.3) is 5.91 Å². The standard InChI is InChI=1S/C22H28ClN3O2/c1-25(2)21(19-8-3-4-9-20(19)23)15-24-22(27)18-7-5-6-17(14-18)16-26-10-12-28-13-11-26/h3-9,14,21H,10-13,15-16H2,1-2H3,(H,24,27). The molecule has 1 saturated heterocycles. The van der Waals surface area contributed by atoms with Crippen LogP contribution in [0, 0.1) is 0 Å². The fourth-order valence-electron chi connectivity index (χ4n) is 3.44. The molecule has 28 heavy (non-hydrogen) atoms. The van der Waals surface area contributed by atoms with Crippen LogP contribution >= 0.6 is 11.6 Å². The number of hydrogen-bond donors (Lipinski definition) is 1. The van der Waals surface area contributed by atoms with Crippen molar-refractivity contribution in [2.75, 3.05) is 46.9 Å². The van der Waals surface area contributed by atoms with Gasteiger partial charge in [-0.2, -0.15) is 0 Å². The van der Waals surface area contributed by atoms with E-state index in [-0.39, 0.29) is 11.9 Å². The minimum atomic E-state index is -0.0669. The van der Waals surface area contributed by atoms with Crippen molar-refractivity contribution >= 4 is 17.5 Å². The molecule has 2 aromatic rings. The Balaban J connectivity index is 1.63. The lowest BCUT2D eigenvalue weighted by Crippen LogP contribution is -2.36. The van der Waals surface area contributed by atoms with E-state index in [1.54, 1.807) is 0 Å². The number of carbonyl (C=O) groups excluding carboxylic acids is 1. The largest absolute Gasteiger partial charge is 0.379 e. The summed E-state index contributed by atoms with van der Waals surface area (Å²) in [7, 11) is 3.98. The first kappa shape index (κ1) is 20.8. The van der Waals surface area contributed by atoms with Gasteiger partial charge in [-0.15, -0.1) is 0 Å². The molecule has 2 aromatic carbocycles. The molecular weight excluding hydrogens is 374 g/mol. The lowest BCUT2D eigenvalue weighted by Gasteiger charge is -2.27. The van der Waals surface area contributed by atoms with E-state index in [1.165, 1.54) is 0 Å². The first-order valence-electron chi connectivity index (χ1n) is 9.62. The maximum atomic E-state index is 12.7. The first-order valence-corrected chi connectivity index (χ1v) is 10.0. The molecule has 1 heterocycles. The SMILES string of the molecule is CN(C)C(CNC(=O)c1cccc(CN2CCOCC2)c1)c1ccccc1Cl. The number of nitrogens with one attached hydrogen (secondary N) is 1. The van der Waals surface area contributed by atoms with Crippen LogP contribution in [0.15, 0.2) is 48.5 Å². The number of ether oxygens (including phenoxy) is 1. The summed E-state index contributed by atoms with van der Waals surface area (Å²) in [5, 5.41) is 3.78. The molecule has 0 radical (unpaired) electrons. The van der Waals surface area contributed by atoms with Gasteiger partial charge < -0.3 is 15.0 Å². The number of halogens is 1. The zero-order valence-corrected chi connectivity index (χ0v) is 17.3. The van der Waals surface area contributed by atoms with E-state index in [0.717, 1.165) is 44.0 Å². The zero-order valence-electron chi connectivity index (χ0n) is 16.5. The minimum Gasteiger partial charge on any atom is -0.379 e. The molecule has 3 rings (SSSR count). The van der Waals surface area contributed by atoms with Crippen molar-refractivity contribution in [3.05, 3.63) is 70.2 Å². The summed E-state index contributed by atoms with van der Waals surface area (Å²) in [6.45, 7) is 4.73. The highest BCUT2D eigenvalue weighted by molar-refractivity contribution is 6.31. The second-order valence-electron chi connectivity index (χ2n) is 7.30. The highest BCUT2D eigenvalue weighted by Crippen LogP contribution is 2.25. The number of benzene rings is 2. The van der Waals surface area contributed by atoms with E-state index < -0.39 is 0 Å². The molecule has 1 N–H and O–H groups in total. The van der Waals surface area contributed by atoms with Gasteiger partial charge in [0.2, 0.25) is 0 Å². The third-order valence-corrected chi connectivity index (χ3v) is 5.39. The molecule has 1 aliphatic heterocycles. The van der Waals surface area contributed by atoms with Gasteiger partial charge in [-0.25, -0.2) is 0 Å². The molecule has 5 nitrogen and oxygen atoms in total. The van der Waals surface area contributed by atoms with Crippen molar-refractivity contribution in [3.8, 4) is 0 Å². The number of hydrogen-bond acceptors (Lipinski definition) is 4. The lowest BCUT2D eigenvalue weighted by molar-refractivity contribution is 0.0342. The predicted octanol–water partition coefficient (Wildman–Crippen LogP) is 3.20. The van der Waals surface area contributed by atoms with Crippen LogP contribution in [0.25, 0.3) is 0 Å². The molecule has 1 amide bonds. The van der Waals surface area contributed by atoms with Crippen LogP contribution in [0.2, 0.25) is 5.02 Å². The summed E-state index contributed by atoms with van der Waals surface area (Å²) >= 11 is 6.36. The topological polar surface area (TPSA) is 44.8 Å². The van der Waals surface area contributed by atoms with Gasteiger partial charge in [-0.3, -0.25) is 9.69 Å². The minimum absolute atomic E-state index is 0.00850. The molecule has 0 bridgehead atoms. The summed E-state index contributed by atoms with van der Waals surface area (Å²) < 4.78 is 5.40. The third-order valence-electron chi connectivity index (χ3n) is 5.04. The monoisotopic (exact) mass is 401 g/mol. The van der Waals surface area contributed by atoms with Crippen LogP contribution in [0.4, 0.5) is 0 Å². The smallest absolute Gasteiger partial charge is 0.251 e. The second-order valence-corrected chi connectivity index (χ2v) is 7.71. The maximum Gasteiger partial charge on any atom is 0.251 e. The van der Waals surface area contributed by atoms with Gasteiger partial charge in [0.15, 0.2) is 0 Å². The Morgan fingerprint density at radius 2 is 1.93 bits per heavy atom. The summed E-state index contributed by atoms with van der Waals surface area (Å²) in [4.78, 5) is 17.1. The molecule has 0 aliphatic carbocycles. The molecule has 6 heteroatoms. The molecule has 150 valence electrons. The van der Waals surface area contributed by atoms with Crippen LogP contribution in [0.1, 0.15) is 27.5 Å². The molecule has 1 atom stereocenters. The van der Waals surface area contributed by atoms with Gasteiger partial charge in [-0.05, 0) is 43.4 Å². The Hall–Kier alpha value is -1.92. The number of nitrogens with zero attached hydrogens (tertiary/aromatic N) is 2. The molecular formula is C22H28ClN3O2. The van der Waals surface area contributed by atoms with Crippen LogP contribution < -0.4 is 5.32 Å². The number of morpholine rings is 1. The van der Waals surface area contributed by atoms with E-state index >= 15 is 0 Å². The lowest BCUT2D eigenvalue weighted by atomic mass is 10.1. The van der Waals surface area contributed by atoms with Crippen LogP contribution in [0.3, 0.4) is 0 Å². The average molecular weight is 402 g/mol. The van der Waals surface area contributed by atoms with Crippen molar-refractivity contribution in [3.63, 3.8) is 0 Å². The number of likely N-dealkylation sites (N-methyl/N-ethyl adjacent to an activating group) is 1. The Kier molecular flexibility index (Phi) is 7.45. The Bertz CT molecular complexity index is 791. The Morgan fingerprint density at radius 1 is 1.18 bits per heavy atom. The first-order chi connectivity index (χ1) is 13.5. The molecule has 0 spiro atoms. The van der Waals surface area contributed by atoms with Gasteiger partial charge >= 0.3 is 0 Å². The summed E-state index contributed by atoms with van der Waals surface area (Å²) in [5.74, 6) is -0.0669. The quantitative estimate of drug-likeness (QED) is 0.773. The van der Waals surface area contributed by atoms with Crippen molar-refractivity contribution in [1.29, 1.82) is 0 Å². The molecule has 0 aromatic heterocycles. The van der Waals surface area contributed by atoms with Crippen LogP contribution in [-0.4, -0.2) is 62.7 Å². The summed E-state index contributed by atoms with van der Waals surface area (Å²) in [6.07, 6.45) is 0. The second kappa shape index (κ2) is 10.0. The molecule has 1 aliphatic rings. The van der Waals surface area contributed by atoms with Crippen molar-refractivity contribution in [2.24, 2.45) is 0 Å². The molecule has 1 fully saturated rings. The Morgan fingerprint density at radius 3 is 2.64 bits per heavy atom. The fraction of sp³-hybridized carbons (Fsp3) is 0.409. The van der Waals surface area contributed by atoms with Crippen molar-refractivity contribution < 1.29 is 9.53 Å². The van der Waals surface area contributed by atoms with E-state index in [4.69, 9.17) is 16.3 Å². The van der Waals surface area contributed by atoms with Gasteiger partial charge in [0.05, 0.1) is 19.3 Å². The average Bonchev–Trinajstić information content (AvgIpc) is 2.70. The van der Waals surface area contributed by atoms with Crippen LogP contribution in [-0.2, 0) is 11.3 Å². The number of amides is 1.